The van der Waals surface area contributed by atoms with Gasteiger partial charge in [-0.2, -0.15) is 0 Å². The molecule has 1 aromatic carbocycles. The summed E-state index contributed by atoms with van der Waals surface area (Å²) < 4.78 is 0. The molecule has 0 amide bonds. The molecule has 0 spiro atoms. The molecule has 0 saturated heterocycles. The molecule has 88 valence electrons. The molecule has 1 aliphatic rings. The molecule has 1 aromatic rings. The van der Waals surface area contributed by atoms with E-state index in [9.17, 15) is 0 Å². The Morgan fingerprint density at radius 3 is 2.69 bits per heavy atom. The first-order valence-corrected chi connectivity index (χ1v) is 9.89. The first kappa shape index (κ1) is 11.9. The third-order valence-electron chi connectivity index (χ3n) is 4.11. The second kappa shape index (κ2) is 4.36. The lowest BCUT2D eigenvalue weighted by atomic mass is 10.00. The highest BCUT2D eigenvalue weighted by Crippen LogP contribution is 2.28. The Hall–Kier alpha value is -0.563. The van der Waals surface area contributed by atoms with Crippen LogP contribution < -0.4 is 5.19 Å². The Bertz CT molecular complexity index is 391. The van der Waals surface area contributed by atoms with Crippen molar-refractivity contribution in [3.63, 3.8) is 0 Å². The molecule has 1 heterocycles. The van der Waals surface area contributed by atoms with Gasteiger partial charge in [-0.1, -0.05) is 43.8 Å². The second-order valence-corrected chi connectivity index (χ2v) is 10.7. The molecule has 16 heavy (non-hydrogen) atoms. The molecule has 0 atom stereocenters. The summed E-state index contributed by atoms with van der Waals surface area (Å²) in [4.78, 5) is 0. The van der Waals surface area contributed by atoms with Crippen LogP contribution in [0.5, 0.6) is 0 Å². The summed E-state index contributed by atoms with van der Waals surface area (Å²) in [5.74, 6) is 0. The predicted molar refractivity (Wildman–Crippen MR) is 75.4 cm³/mol. The monoisotopic (exact) mass is 232 g/mol. The minimum absolute atomic E-state index is 1.09. The van der Waals surface area contributed by atoms with Gasteiger partial charge in [-0.25, -0.2) is 0 Å². The highest BCUT2D eigenvalue weighted by Gasteiger charge is 2.34. The second-order valence-electron chi connectivity index (χ2n) is 5.88. The van der Waals surface area contributed by atoms with Gasteiger partial charge in [0.1, 0.15) is 0 Å². The summed E-state index contributed by atoms with van der Waals surface area (Å²) >= 11 is 0. The van der Waals surface area contributed by atoms with Crippen LogP contribution in [0.25, 0.3) is 0 Å². The lowest BCUT2D eigenvalue weighted by Crippen LogP contribution is -2.40. The van der Waals surface area contributed by atoms with E-state index in [1.807, 2.05) is 5.19 Å². The summed E-state index contributed by atoms with van der Waals surface area (Å²) in [6.45, 7) is 9.68. The van der Waals surface area contributed by atoms with E-state index in [1.54, 1.807) is 11.1 Å². The van der Waals surface area contributed by atoms with Crippen molar-refractivity contribution in [2.75, 3.05) is 0 Å². The van der Waals surface area contributed by atoms with E-state index >= 15 is 0 Å². The summed E-state index contributed by atoms with van der Waals surface area (Å²) in [7, 11) is -1.09. The zero-order valence-electron chi connectivity index (χ0n) is 11.2. The van der Waals surface area contributed by atoms with Crippen molar-refractivity contribution in [3.05, 3.63) is 28.8 Å². The van der Waals surface area contributed by atoms with Gasteiger partial charge in [0.15, 0.2) is 0 Å². The Kier molecular flexibility index (Phi) is 3.25. The summed E-state index contributed by atoms with van der Waals surface area (Å²) in [6.07, 6.45) is 5.31. The van der Waals surface area contributed by atoms with E-state index in [2.05, 4.69) is 39.1 Å². The maximum absolute atomic E-state index is 2.55. The van der Waals surface area contributed by atoms with E-state index in [1.165, 1.54) is 37.3 Å². The van der Waals surface area contributed by atoms with Gasteiger partial charge in [-0.05, 0) is 48.9 Å². The van der Waals surface area contributed by atoms with Crippen LogP contribution in [0.2, 0.25) is 19.1 Å². The number of rotatable bonds is 3. The number of fused-ring (bicyclic) bond motifs is 1. The maximum atomic E-state index is 2.55. The molecule has 0 aliphatic carbocycles. The molecular formula is C15H24Si. The van der Waals surface area contributed by atoms with Gasteiger partial charge in [0.05, 0.1) is 8.07 Å². The Balaban J connectivity index is 2.44. The van der Waals surface area contributed by atoms with Crippen LogP contribution in [0.15, 0.2) is 12.1 Å². The van der Waals surface area contributed by atoms with E-state index in [-0.39, 0.29) is 0 Å². The van der Waals surface area contributed by atoms with Gasteiger partial charge in [-0.15, -0.1) is 0 Å². The maximum Gasteiger partial charge on any atom is 0.0816 e. The number of benzene rings is 1. The van der Waals surface area contributed by atoms with Gasteiger partial charge in [0.25, 0.3) is 0 Å². The Morgan fingerprint density at radius 2 is 2.00 bits per heavy atom. The normalized spacial score (nSPS) is 17.5. The van der Waals surface area contributed by atoms with E-state index in [0.717, 1.165) is 0 Å². The van der Waals surface area contributed by atoms with Crippen molar-refractivity contribution in [3.8, 4) is 0 Å². The number of hydrogen-bond donors (Lipinski definition) is 0. The van der Waals surface area contributed by atoms with Gasteiger partial charge < -0.3 is 0 Å². The van der Waals surface area contributed by atoms with Gasteiger partial charge in [-0.3, -0.25) is 0 Å². The molecule has 2 rings (SSSR count). The topological polar surface area (TPSA) is 0 Å². The van der Waals surface area contributed by atoms with E-state index < -0.39 is 8.07 Å². The molecule has 0 bridgehead atoms. The Labute approximate surface area is 101 Å². The quantitative estimate of drug-likeness (QED) is 0.695. The molecule has 1 aliphatic heterocycles. The molecule has 0 N–H and O–H groups in total. The summed E-state index contributed by atoms with van der Waals surface area (Å²) in [6, 6.07) is 6.22. The lowest BCUT2D eigenvalue weighted by molar-refractivity contribution is 0.797. The van der Waals surface area contributed by atoms with Crippen molar-refractivity contribution < 1.29 is 0 Å². The summed E-state index contributed by atoms with van der Waals surface area (Å²) in [5.41, 5.74) is 4.93. The van der Waals surface area contributed by atoms with Crippen molar-refractivity contribution in [1.82, 2.24) is 0 Å². The summed E-state index contributed by atoms with van der Waals surface area (Å²) in [5, 5.41) is 1.82. The average Bonchev–Trinajstić information content (AvgIpc) is 2.56. The average molecular weight is 232 g/mol. The fourth-order valence-corrected chi connectivity index (χ4v) is 6.45. The molecule has 1 heteroatoms. The van der Waals surface area contributed by atoms with E-state index in [4.69, 9.17) is 0 Å². The van der Waals surface area contributed by atoms with Crippen molar-refractivity contribution in [2.24, 2.45) is 0 Å². The molecule has 0 unspecified atom stereocenters. The highest BCUT2D eigenvalue weighted by atomic mass is 28.3. The smallest absolute Gasteiger partial charge is 0.0654 e. The fraction of sp³-hybridized carbons (Fsp3) is 0.600. The van der Waals surface area contributed by atoms with Crippen LogP contribution in [0.1, 0.15) is 36.5 Å². The molecule has 0 saturated carbocycles. The SMILES string of the molecule is CCCCc1ccc(C)c2c1[Si](C)(C)CC2. The number of aryl methyl sites for hydroxylation is 2. The highest BCUT2D eigenvalue weighted by molar-refractivity contribution is 6.91. The third-order valence-corrected chi connectivity index (χ3v) is 7.59. The molecule has 0 fully saturated rings. The first-order chi connectivity index (χ1) is 7.56. The molecular weight excluding hydrogens is 208 g/mol. The third kappa shape index (κ3) is 1.98. The zero-order chi connectivity index (χ0) is 11.8. The van der Waals surface area contributed by atoms with Gasteiger partial charge in [0.2, 0.25) is 0 Å². The standard InChI is InChI=1S/C15H24Si/c1-5-6-7-13-9-8-12(2)14-10-11-16(3,4)15(13)14/h8-9H,5-7,10-11H2,1-4H3. The van der Waals surface area contributed by atoms with E-state index in [0.29, 0.717) is 0 Å². The largest absolute Gasteiger partial charge is 0.0816 e. The molecule has 0 nitrogen and oxygen atoms in total. The van der Waals surface area contributed by atoms with Crippen LogP contribution in [0.3, 0.4) is 0 Å². The van der Waals surface area contributed by atoms with Crippen molar-refractivity contribution in [2.45, 2.75) is 58.7 Å². The zero-order valence-corrected chi connectivity index (χ0v) is 12.2. The molecule has 0 aromatic heterocycles. The van der Waals surface area contributed by atoms with Crippen LogP contribution in [-0.2, 0) is 12.8 Å². The number of hydrogen-bond acceptors (Lipinski definition) is 0. The fourth-order valence-electron chi connectivity index (χ4n) is 3.10. The van der Waals surface area contributed by atoms with Crippen molar-refractivity contribution in [1.29, 1.82) is 0 Å². The molecule has 0 radical (unpaired) electrons. The van der Waals surface area contributed by atoms with Crippen LogP contribution in [0, 0.1) is 6.92 Å². The van der Waals surface area contributed by atoms with Crippen LogP contribution in [-0.4, -0.2) is 8.07 Å². The van der Waals surface area contributed by atoms with Gasteiger partial charge >= 0.3 is 0 Å². The van der Waals surface area contributed by atoms with Crippen LogP contribution >= 0.6 is 0 Å². The minimum Gasteiger partial charge on any atom is -0.0654 e. The Morgan fingerprint density at radius 1 is 1.25 bits per heavy atom. The number of unbranched alkanes of at least 4 members (excludes halogenated alkanes) is 1. The van der Waals surface area contributed by atoms with Crippen molar-refractivity contribution >= 4 is 13.3 Å². The van der Waals surface area contributed by atoms with Crippen LogP contribution in [0.4, 0.5) is 0 Å². The first-order valence-electron chi connectivity index (χ1n) is 6.68. The predicted octanol–water partition coefficient (Wildman–Crippen LogP) is 3.81. The lowest BCUT2D eigenvalue weighted by Gasteiger charge is -2.21. The minimum atomic E-state index is -1.09. The van der Waals surface area contributed by atoms with Gasteiger partial charge in [0, 0.05) is 0 Å².